The van der Waals surface area contributed by atoms with Gasteiger partial charge in [0.15, 0.2) is 0 Å². The smallest absolute Gasteiger partial charge is 0.145 e. The Balaban J connectivity index is 1.14. The Morgan fingerprint density at radius 1 is 0.321 bits per heavy atom. The number of rotatable bonds is 3. The highest BCUT2D eigenvalue weighted by Gasteiger charge is 2.21. The van der Waals surface area contributed by atoms with E-state index in [2.05, 4.69) is 185 Å². The summed E-state index contributed by atoms with van der Waals surface area (Å²) >= 11 is 0. The fourth-order valence-electron chi connectivity index (χ4n) is 8.94. The molecule has 12 rings (SSSR count). The topological polar surface area (TPSA) is 23.0 Å². The number of furan rings is 1. The predicted octanol–water partition coefficient (Wildman–Crippen LogP) is 13.8. The van der Waals surface area contributed by atoms with E-state index in [1.807, 2.05) is 6.07 Å². The van der Waals surface area contributed by atoms with Gasteiger partial charge in [0.2, 0.25) is 0 Å². The Hall–Kier alpha value is -7.10. The molecule has 0 aliphatic heterocycles. The van der Waals surface area contributed by atoms with E-state index in [1.54, 1.807) is 0 Å². The van der Waals surface area contributed by atoms with Crippen LogP contribution in [0.3, 0.4) is 0 Å². The van der Waals surface area contributed by atoms with E-state index in [-0.39, 0.29) is 0 Å². The third-order valence-corrected chi connectivity index (χ3v) is 11.3. The second-order valence-electron chi connectivity index (χ2n) is 14.1. The van der Waals surface area contributed by atoms with Crippen molar-refractivity contribution < 1.29 is 4.42 Å². The lowest BCUT2D eigenvalue weighted by molar-refractivity contribution is 0.673. The van der Waals surface area contributed by atoms with E-state index < -0.39 is 0 Å². The van der Waals surface area contributed by atoms with E-state index in [0.29, 0.717) is 0 Å². The van der Waals surface area contributed by atoms with Gasteiger partial charge in [0, 0.05) is 37.7 Å². The van der Waals surface area contributed by atoms with E-state index in [4.69, 9.17) is 4.42 Å². The molecule has 0 bridgehead atoms. The number of hydrogen-bond acceptors (Lipinski definition) is 1. The zero-order valence-electron chi connectivity index (χ0n) is 28.6. The molecule has 0 radical (unpaired) electrons. The van der Waals surface area contributed by atoms with Crippen LogP contribution in [0, 0.1) is 0 Å². The summed E-state index contributed by atoms with van der Waals surface area (Å²) in [6.45, 7) is 0. The molecular formula is C50H30N2O. The number of hydrogen-bond donors (Lipinski definition) is 0. The molecule has 53 heavy (non-hydrogen) atoms. The average molecular weight is 675 g/mol. The van der Waals surface area contributed by atoms with Crippen LogP contribution in [0.25, 0.3) is 110 Å². The van der Waals surface area contributed by atoms with E-state index in [1.165, 1.54) is 65.6 Å². The monoisotopic (exact) mass is 674 g/mol. The number of benzene rings is 9. The van der Waals surface area contributed by atoms with E-state index in [0.717, 1.165) is 44.0 Å². The van der Waals surface area contributed by atoms with E-state index >= 15 is 0 Å². The van der Waals surface area contributed by atoms with Crippen molar-refractivity contribution in [1.29, 1.82) is 0 Å². The minimum atomic E-state index is 0.908. The lowest BCUT2D eigenvalue weighted by Gasteiger charge is -2.12. The first kappa shape index (κ1) is 28.6. The molecule has 246 valence electrons. The van der Waals surface area contributed by atoms with Gasteiger partial charge in [0.1, 0.15) is 11.2 Å². The number of nitrogens with zero attached hydrogens (tertiary/aromatic N) is 2. The van der Waals surface area contributed by atoms with Crippen LogP contribution in [0.15, 0.2) is 186 Å². The van der Waals surface area contributed by atoms with Crippen molar-refractivity contribution in [1.82, 2.24) is 9.13 Å². The lowest BCUT2D eigenvalue weighted by atomic mass is 10.00. The normalized spacial score (nSPS) is 12.2. The molecule has 3 nitrogen and oxygen atoms in total. The third-order valence-electron chi connectivity index (χ3n) is 11.3. The first-order valence-corrected chi connectivity index (χ1v) is 18.2. The molecule has 0 atom stereocenters. The quantitative estimate of drug-likeness (QED) is 0.183. The second kappa shape index (κ2) is 10.7. The molecule has 0 N–H and O–H groups in total. The lowest BCUT2D eigenvalue weighted by Crippen LogP contribution is -1.95. The standard InChI is InChI=1S/C50H30N2O/c1-3-15-35-31(11-1)13-9-20-42(35)51-44-19-7-5-17-37(44)40-29-33(23-26-45(40)51)34-24-27-46-41(30-34)49-47(28-25-39-38-18-6-8-22-48(38)53-50(39)49)52(46)43-21-10-14-32-12-2-4-16-36(32)43/h1-30H. The van der Waals surface area contributed by atoms with Crippen molar-refractivity contribution in [2.75, 3.05) is 0 Å². The summed E-state index contributed by atoms with van der Waals surface area (Å²) in [5.41, 5.74) is 11.2. The first-order valence-electron chi connectivity index (χ1n) is 18.2. The Bertz CT molecular complexity index is 3460. The van der Waals surface area contributed by atoms with Crippen molar-refractivity contribution >= 4 is 87.1 Å². The number of para-hydroxylation sites is 2. The van der Waals surface area contributed by atoms with Crippen molar-refractivity contribution in [3.05, 3.63) is 182 Å². The van der Waals surface area contributed by atoms with Gasteiger partial charge < -0.3 is 13.6 Å². The van der Waals surface area contributed by atoms with Gasteiger partial charge in [-0.05, 0) is 82.6 Å². The van der Waals surface area contributed by atoms with Crippen molar-refractivity contribution in [3.63, 3.8) is 0 Å². The molecule has 12 aromatic rings. The second-order valence-corrected chi connectivity index (χ2v) is 14.1. The molecule has 3 aromatic heterocycles. The van der Waals surface area contributed by atoms with Gasteiger partial charge in [-0.1, -0.05) is 121 Å². The average Bonchev–Trinajstić information content (AvgIpc) is 3.87. The predicted molar refractivity (Wildman–Crippen MR) is 223 cm³/mol. The summed E-state index contributed by atoms with van der Waals surface area (Å²) in [7, 11) is 0. The summed E-state index contributed by atoms with van der Waals surface area (Å²) in [4.78, 5) is 0. The van der Waals surface area contributed by atoms with Gasteiger partial charge in [-0.25, -0.2) is 0 Å². The van der Waals surface area contributed by atoms with Gasteiger partial charge in [-0.2, -0.15) is 0 Å². The fourth-order valence-corrected chi connectivity index (χ4v) is 8.94. The van der Waals surface area contributed by atoms with Crippen molar-refractivity contribution in [2.45, 2.75) is 0 Å². The molecular weight excluding hydrogens is 645 g/mol. The van der Waals surface area contributed by atoms with Gasteiger partial charge in [0.25, 0.3) is 0 Å². The molecule has 9 aromatic carbocycles. The third kappa shape index (κ3) is 3.99. The zero-order valence-corrected chi connectivity index (χ0v) is 28.6. The fraction of sp³-hybridized carbons (Fsp3) is 0. The van der Waals surface area contributed by atoms with Crippen molar-refractivity contribution in [2.24, 2.45) is 0 Å². The van der Waals surface area contributed by atoms with E-state index in [9.17, 15) is 0 Å². The molecule has 3 heterocycles. The Morgan fingerprint density at radius 3 is 1.55 bits per heavy atom. The molecule has 0 fully saturated rings. The molecule has 0 amide bonds. The Kier molecular flexibility index (Phi) is 5.77. The maximum Gasteiger partial charge on any atom is 0.145 e. The highest BCUT2D eigenvalue weighted by molar-refractivity contribution is 6.24. The highest BCUT2D eigenvalue weighted by Crippen LogP contribution is 2.43. The molecule has 0 aliphatic carbocycles. The maximum atomic E-state index is 6.72. The van der Waals surface area contributed by atoms with Gasteiger partial charge in [-0.3, -0.25) is 0 Å². The van der Waals surface area contributed by atoms with Gasteiger partial charge in [-0.15, -0.1) is 0 Å². The largest absolute Gasteiger partial charge is 0.455 e. The molecule has 0 aliphatic rings. The van der Waals surface area contributed by atoms with Crippen LogP contribution in [0.4, 0.5) is 0 Å². The summed E-state index contributed by atoms with van der Waals surface area (Å²) in [6.07, 6.45) is 0. The maximum absolute atomic E-state index is 6.72. The number of aromatic nitrogens is 2. The van der Waals surface area contributed by atoms with Crippen LogP contribution in [0.2, 0.25) is 0 Å². The zero-order chi connectivity index (χ0) is 34.6. The Morgan fingerprint density at radius 2 is 0.830 bits per heavy atom. The molecule has 0 spiro atoms. The molecule has 3 heteroatoms. The summed E-state index contributed by atoms with van der Waals surface area (Å²) in [5, 5.41) is 12.0. The van der Waals surface area contributed by atoms with Gasteiger partial charge in [0.05, 0.1) is 38.8 Å². The molecule has 0 saturated carbocycles. The van der Waals surface area contributed by atoms with Crippen LogP contribution >= 0.6 is 0 Å². The SMILES string of the molecule is c1ccc2c(-n3c4ccccc4c4cc(-c5ccc6c(c5)c5c7oc8ccccc8c7ccc5n6-c5cccc6ccccc56)ccc43)cccc2c1. The minimum Gasteiger partial charge on any atom is -0.455 e. The van der Waals surface area contributed by atoms with Crippen LogP contribution in [0.1, 0.15) is 0 Å². The first-order chi connectivity index (χ1) is 26.3. The summed E-state index contributed by atoms with van der Waals surface area (Å²) < 4.78 is 11.6. The van der Waals surface area contributed by atoms with Crippen LogP contribution in [-0.2, 0) is 0 Å². The minimum absolute atomic E-state index is 0.908. The highest BCUT2D eigenvalue weighted by atomic mass is 16.3. The number of fused-ring (bicyclic) bond motifs is 12. The van der Waals surface area contributed by atoms with Gasteiger partial charge >= 0.3 is 0 Å². The van der Waals surface area contributed by atoms with Crippen molar-refractivity contribution in [3.8, 4) is 22.5 Å². The Labute approximate surface area is 304 Å². The van der Waals surface area contributed by atoms with Crippen LogP contribution in [0.5, 0.6) is 0 Å². The van der Waals surface area contributed by atoms with Crippen LogP contribution < -0.4 is 0 Å². The summed E-state index contributed by atoms with van der Waals surface area (Å²) in [6, 6.07) is 66.0. The molecule has 0 saturated heterocycles. The summed E-state index contributed by atoms with van der Waals surface area (Å²) in [5.74, 6) is 0. The van der Waals surface area contributed by atoms with Crippen LogP contribution in [-0.4, -0.2) is 9.13 Å². The molecule has 0 unspecified atom stereocenters.